The summed E-state index contributed by atoms with van der Waals surface area (Å²) in [5.41, 5.74) is 1.23. The topological polar surface area (TPSA) is 32.8 Å². The second-order valence-electron chi connectivity index (χ2n) is 15.6. The van der Waals surface area contributed by atoms with Crippen LogP contribution in [0.25, 0.3) is 0 Å². The molecule has 2 nitrogen and oxygen atoms in total. The quantitative estimate of drug-likeness (QED) is 0.421. The van der Waals surface area contributed by atoms with Crippen LogP contribution in [0.2, 0.25) is 0 Å². The van der Waals surface area contributed by atoms with E-state index in [0.29, 0.717) is 21.7 Å². The molecule has 2 unspecified atom stereocenters. The third-order valence-corrected chi connectivity index (χ3v) is 13.8. The fourth-order valence-electron chi connectivity index (χ4n) is 11.2. The van der Waals surface area contributed by atoms with Crippen LogP contribution < -0.4 is 0 Å². The van der Waals surface area contributed by atoms with Crippen LogP contribution in [0.5, 0.6) is 0 Å². The zero-order chi connectivity index (χ0) is 24.3. The lowest BCUT2D eigenvalue weighted by molar-refractivity contribution is -0.136. The van der Waals surface area contributed by atoms with E-state index in [1.54, 1.807) is 0 Å². The maximum absolute atomic E-state index is 10.2. The molecule has 9 atom stereocenters. The summed E-state index contributed by atoms with van der Waals surface area (Å²) in [6, 6.07) is 0. The van der Waals surface area contributed by atoms with Gasteiger partial charge in [-0.2, -0.15) is 0 Å². The molecule has 190 valence electrons. The molecule has 1 heterocycles. The first-order chi connectivity index (χ1) is 15.1. The van der Waals surface area contributed by atoms with Crippen LogP contribution in [-0.2, 0) is 4.74 Å². The average molecular weight is 459 g/mol. The fraction of sp³-hybridized carbons (Fsp3) is 1.00. The highest BCUT2D eigenvalue weighted by Crippen LogP contribution is 2.86. The fourth-order valence-corrected chi connectivity index (χ4v) is 11.2. The lowest BCUT2D eigenvalue weighted by atomic mass is 9.37. The van der Waals surface area contributed by atoms with E-state index in [9.17, 15) is 5.11 Å². The Hall–Kier alpha value is -0.0800. The van der Waals surface area contributed by atoms with Crippen LogP contribution in [0, 0.1) is 45.3 Å². The maximum Gasteiger partial charge on any atom is 0.104 e. The Morgan fingerprint density at radius 1 is 0.879 bits per heavy atom. The number of rotatable bonds is 5. The van der Waals surface area contributed by atoms with Crippen molar-refractivity contribution in [1.82, 2.24) is 0 Å². The molecule has 5 fully saturated rings. The molecule has 0 radical (unpaired) electrons. The van der Waals surface area contributed by atoms with Crippen molar-refractivity contribution in [3.63, 3.8) is 0 Å². The van der Waals surface area contributed by atoms with Crippen LogP contribution in [0.1, 0.15) is 133 Å². The van der Waals surface area contributed by atoms with Gasteiger partial charge >= 0.3 is 0 Å². The van der Waals surface area contributed by atoms with E-state index in [-0.39, 0.29) is 11.2 Å². The van der Waals surface area contributed by atoms with Gasteiger partial charge in [0.1, 0.15) is 11.2 Å². The summed E-state index contributed by atoms with van der Waals surface area (Å²) in [7, 11) is 0. The van der Waals surface area contributed by atoms with Gasteiger partial charge in [0.2, 0.25) is 0 Å². The second-order valence-corrected chi connectivity index (χ2v) is 15.6. The molecule has 0 aromatic heterocycles. The van der Waals surface area contributed by atoms with E-state index in [4.69, 9.17) is 4.74 Å². The van der Waals surface area contributed by atoms with Crippen molar-refractivity contribution in [2.45, 2.75) is 150 Å². The zero-order valence-corrected chi connectivity index (χ0v) is 23.4. The Bertz CT molecular complexity index is 795. The summed E-state index contributed by atoms with van der Waals surface area (Å²) in [6.07, 6.45) is 14.1. The molecule has 0 bridgehead atoms. The number of fused-ring (bicyclic) bond motifs is 2. The highest BCUT2D eigenvalue weighted by atomic mass is 16.6. The van der Waals surface area contributed by atoms with Crippen LogP contribution >= 0.6 is 0 Å². The molecule has 5 aliphatic rings. The minimum atomic E-state index is -0.529. The van der Waals surface area contributed by atoms with Crippen LogP contribution in [0.3, 0.4) is 0 Å². The van der Waals surface area contributed by atoms with Crippen molar-refractivity contribution in [3.05, 3.63) is 0 Å². The smallest absolute Gasteiger partial charge is 0.104 e. The van der Waals surface area contributed by atoms with Gasteiger partial charge in [-0.1, -0.05) is 61.3 Å². The molecule has 0 spiro atoms. The number of epoxide rings is 1. The van der Waals surface area contributed by atoms with Gasteiger partial charge in [-0.25, -0.2) is 0 Å². The monoisotopic (exact) mass is 458 g/mol. The molecule has 4 aliphatic carbocycles. The Balaban J connectivity index is 1.41. The minimum absolute atomic E-state index is 0.135. The molecule has 0 aromatic rings. The van der Waals surface area contributed by atoms with E-state index in [0.717, 1.165) is 36.5 Å². The van der Waals surface area contributed by atoms with Crippen molar-refractivity contribution in [1.29, 1.82) is 0 Å². The minimum Gasteiger partial charge on any atom is -0.390 e. The first-order valence-corrected chi connectivity index (χ1v) is 14.5. The van der Waals surface area contributed by atoms with Crippen molar-refractivity contribution < 1.29 is 9.84 Å². The molecular formula is C31H54O2. The van der Waals surface area contributed by atoms with Crippen molar-refractivity contribution >= 4 is 0 Å². The lowest BCUT2D eigenvalue weighted by Crippen LogP contribution is -2.65. The SMILES string of the molecule is C[C@H](CCCC(C)(C)O)[C@H]1CC[C@@]2(C)C34CCC5C(C)(C)[C@@H](C)CC[C@]5(C)[C@]3(CC[C@]12C)O4. The molecule has 4 saturated carbocycles. The second kappa shape index (κ2) is 7.02. The predicted molar refractivity (Wildman–Crippen MR) is 137 cm³/mol. The van der Waals surface area contributed by atoms with Crippen LogP contribution in [0.4, 0.5) is 0 Å². The largest absolute Gasteiger partial charge is 0.390 e. The molecule has 0 aromatic carbocycles. The molecule has 1 saturated heterocycles. The van der Waals surface area contributed by atoms with Gasteiger partial charge in [-0.05, 0) is 106 Å². The van der Waals surface area contributed by atoms with Gasteiger partial charge in [0.25, 0.3) is 0 Å². The lowest BCUT2D eigenvalue weighted by Gasteiger charge is -2.64. The maximum atomic E-state index is 10.2. The van der Waals surface area contributed by atoms with Gasteiger partial charge in [0, 0.05) is 10.8 Å². The number of hydrogen-bond donors (Lipinski definition) is 1. The summed E-state index contributed by atoms with van der Waals surface area (Å²) in [4.78, 5) is 0. The zero-order valence-electron chi connectivity index (χ0n) is 23.4. The molecule has 5 rings (SSSR count). The van der Waals surface area contributed by atoms with Gasteiger partial charge in [-0.15, -0.1) is 0 Å². The first kappa shape index (κ1) is 24.6. The van der Waals surface area contributed by atoms with E-state index in [2.05, 4.69) is 48.5 Å². The number of aliphatic hydroxyl groups is 1. The van der Waals surface area contributed by atoms with Gasteiger partial charge < -0.3 is 9.84 Å². The molecule has 1 N–H and O–H groups in total. The standard InChI is InChI=1S/C31H54O2/c1-21(11-10-15-25(3,4)32)23-13-17-29(9)27(23,7)19-20-30-28(8)16-12-22(2)26(5,6)24(28)14-18-31(29,30)33-30/h21-24,32H,10-20H2,1-9H3/t21-,22+,23-,24?,27-,28+,29-,30+,31?/m1/s1. The predicted octanol–water partition coefficient (Wildman–Crippen LogP) is 8.16. The Morgan fingerprint density at radius 2 is 1.58 bits per heavy atom. The molecule has 0 amide bonds. The highest BCUT2D eigenvalue weighted by Gasteiger charge is 2.89. The summed E-state index contributed by atoms with van der Waals surface area (Å²) >= 11 is 0. The van der Waals surface area contributed by atoms with E-state index < -0.39 is 5.60 Å². The Kier molecular flexibility index (Phi) is 5.24. The summed E-state index contributed by atoms with van der Waals surface area (Å²) in [5, 5.41) is 10.2. The summed E-state index contributed by atoms with van der Waals surface area (Å²) in [6.45, 7) is 22.1. The Labute approximate surface area is 205 Å². The normalized spacial score (nSPS) is 53.5. The first-order valence-electron chi connectivity index (χ1n) is 14.5. The van der Waals surface area contributed by atoms with Crippen molar-refractivity contribution in [2.75, 3.05) is 0 Å². The molecule has 2 heteroatoms. The Morgan fingerprint density at radius 3 is 2.24 bits per heavy atom. The van der Waals surface area contributed by atoms with Crippen molar-refractivity contribution in [2.24, 2.45) is 45.3 Å². The third kappa shape index (κ3) is 2.86. The van der Waals surface area contributed by atoms with Crippen LogP contribution in [-0.4, -0.2) is 21.9 Å². The van der Waals surface area contributed by atoms with Crippen LogP contribution in [0.15, 0.2) is 0 Å². The average Bonchev–Trinajstić information content (AvgIpc) is 3.33. The third-order valence-electron chi connectivity index (χ3n) is 13.8. The van der Waals surface area contributed by atoms with Crippen molar-refractivity contribution in [3.8, 4) is 0 Å². The van der Waals surface area contributed by atoms with E-state index in [1.165, 1.54) is 57.8 Å². The van der Waals surface area contributed by atoms with Gasteiger partial charge in [0.15, 0.2) is 0 Å². The molecule has 1 aliphatic heterocycles. The van der Waals surface area contributed by atoms with E-state index in [1.807, 2.05) is 13.8 Å². The molecule has 33 heavy (non-hydrogen) atoms. The summed E-state index contributed by atoms with van der Waals surface area (Å²) < 4.78 is 7.32. The van der Waals surface area contributed by atoms with E-state index >= 15 is 0 Å². The number of hydrogen-bond acceptors (Lipinski definition) is 2. The molecular weight excluding hydrogens is 404 g/mol. The number of ether oxygens (including phenoxy) is 1. The summed E-state index contributed by atoms with van der Waals surface area (Å²) in [5.74, 6) is 3.16. The highest BCUT2D eigenvalue weighted by molar-refractivity contribution is 5.37. The van der Waals surface area contributed by atoms with Gasteiger partial charge in [-0.3, -0.25) is 0 Å². The van der Waals surface area contributed by atoms with Gasteiger partial charge in [0.05, 0.1) is 5.60 Å².